The third-order valence-electron chi connectivity index (χ3n) is 4.61. The molecule has 0 fully saturated rings. The van der Waals surface area contributed by atoms with Gasteiger partial charge in [-0.1, -0.05) is 91.0 Å². The molecule has 0 radical (unpaired) electrons. The Kier molecular flexibility index (Phi) is 6.10. The van der Waals surface area contributed by atoms with E-state index < -0.39 is 0 Å². The molecule has 0 saturated carbocycles. The lowest BCUT2D eigenvalue weighted by Gasteiger charge is -2.16. The largest absolute Gasteiger partial charge is 0.294 e. The molecule has 1 atom stereocenters. The predicted molar refractivity (Wildman–Crippen MR) is 105 cm³/mol. The van der Waals surface area contributed by atoms with Crippen molar-refractivity contribution >= 4 is 11.6 Å². The molecule has 0 aliphatic heterocycles. The van der Waals surface area contributed by atoms with Crippen molar-refractivity contribution in [2.24, 2.45) is 0 Å². The first-order valence-corrected chi connectivity index (χ1v) is 8.95. The maximum atomic E-state index is 12.7. The normalized spacial score (nSPS) is 11.7. The van der Waals surface area contributed by atoms with Crippen LogP contribution < -0.4 is 0 Å². The zero-order valence-electron chi connectivity index (χ0n) is 14.7. The zero-order valence-corrected chi connectivity index (χ0v) is 14.7. The van der Waals surface area contributed by atoms with Gasteiger partial charge in [-0.05, 0) is 17.9 Å². The zero-order chi connectivity index (χ0) is 18.2. The monoisotopic (exact) mass is 342 g/mol. The predicted octanol–water partition coefficient (Wildman–Crippen LogP) is 5.71. The highest BCUT2D eigenvalue weighted by atomic mass is 16.1. The van der Waals surface area contributed by atoms with Crippen LogP contribution in [0.3, 0.4) is 0 Å². The third kappa shape index (κ3) is 4.76. The average Bonchev–Trinajstić information content (AvgIpc) is 2.72. The number of rotatable bonds is 8. The molecule has 3 aromatic carbocycles. The Bertz CT molecular complexity index is 839. The van der Waals surface area contributed by atoms with Crippen molar-refractivity contribution in [3.05, 3.63) is 108 Å². The molecule has 3 aromatic rings. The molecule has 0 amide bonds. The number of hydrogen-bond acceptors (Lipinski definition) is 2. The number of carbonyl (C=O) groups is 2. The van der Waals surface area contributed by atoms with E-state index in [1.54, 1.807) is 0 Å². The van der Waals surface area contributed by atoms with Gasteiger partial charge in [-0.2, -0.15) is 0 Å². The van der Waals surface area contributed by atoms with Crippen molar-refractivity contribution in [3.8, 4) is 0 Å². The van der Waals surface area contributed by atoms with E-state index >= 15 is 0 Å². The van der Waals surface area contributed by atoms with E-state index in [-0.39, 0.29) is 17.5 Å². The van der Waals surface area contributed by atoms with Gasteiger partial charge in [-0.15, -0.1) is 0 Å². The summed E-state index contributed by atoms with van der Waals surface area (Å²) in [5.41, 5.74) is 2.56. The number of Topliss-reactive ketones (excluding diaryl/α,β-unsaturated/α-hetero) is 2. The molecule has 2 heteroatoms. The van der Waals surface area contributed by atoms with Gasteiger partial charge in [0.25, 0.3) is 0 Å². The van der Waals surface area contributed by atoms with Crippen molar-refractivity contribution < 1.29 is 9.59 Å². The second kappa shape index (κ2) is 8.91. The average molecular weight is 342 g/mol. The highest BCUT2D eigenvalue weighted by molar-refractivity contribution is 5.97. The summed E-state index contributed by atoms with van der Waals surface area (Å²) in [4.78, 5) is 25.1. The van der Waals surface area contributed by atoms with Crippen molar-refractivity contribution in [2.75, 3.05) is 0 Å². The summed E-state index contributed by atoms with van der Waals surface area (Å²) in [6, 6.07) is 28.7. The fraction of sp³-hybridized carbons (Fsp3) is 0.167. The lowest BCUT2D eigenvalue weighted by atomic mass is 9.87. The molecule has 0 aliphatic carbocycles. The first kappa shape index (κ1) is 17.8. The van der Waals surface area contributed by atoms with Crippen LogP contribution in [-0.4, -0.2) is 11.6 Å². The van der Waals surface area contributed by atoms with Crippen molar-refractivity contribution in [3.63, 3.8) is 0 Å². The summed E-state index contributed by atoms with van der Waals surface area (Å²) >= 11 is 0. The number of ketones is 2. The van der Waals surface area contributed by atoms with Crippen LogP contribution in [0.4, 0.5) is 0 Å². The Labute approximate surface area is 154 Å². The van der Waals surface area contributed by atoms with E-state index in [0.29, 0.717) is 19.3 Å². The highest BCUT2D eigenvalue weighted by Crippen LogP contribution is 2.27. The molecule has 0 aromatic heterocycles. The van der Waals surface area contributed by atoms with Crippen LogP contribution in [0.2, 0.25) is 0 Å². The summed E-state index contributed by atoms with van der Waals surface area (Å²) in [6.07, 6.45) is 1.51. The van der Waals surface area contributed by atoms with Crippen LogP contribution >= 0.6 is 0 Å². The van der Waals surface area contributed by atoms with Crippen molar-refractivity contribution in [2.45, 2.75) is 25.2 Å². The summed E-state index contributed by atoms with van der Waals surface area (Å²) in [5.74, 6) is 0.280. The molecule has 0 N–H and O–H groups in total. The molecular formula is C24H22O2. The topological polar surface area (TPSA) is 34.1 Å². The van der Waals surface area contributed by atoms with Gasteiger partial charge in [0.15, 0.2) is 11.6 Å². The molecule has 0 bridgehead atoms. The summed E-state index contributed by atoms with van der Waals surface area (Å²) < 4.78 is 0. The molecule has 0 spiro atoms. The van der Waals surface area contributed by atoms with Gasteiger partial charge in [-0.25, -0.2) is 0 Å². The van der Waals surface area contributed by atoms with Crippen molar-refractivity contribution in [1.29, 1.82) is 0 Å². The second-order valence-electron chi connectivity index (χ2n) is 6.43. The molecule has 130 valence electrons. The van der Waals surface area contributed by atoms with Gasteiger partial charge in [0.1, 0.15) is 0 Å². The summed E-state index contributed by atoms with van der Waals surface area (Å²) in [7, 11) is 0. The van der Waals surface area contributed by atoms with Crippen LogP contribution in [0.15, 0.2) is 91.0 Å². The smallest absolute Gasteiger partial charge is 0.163 e. The molecule has 1 unspecified atom stereocenters. The second-order valence-corrected chi connectivity index (χ2v) is 6.43. The van der Waals surface area contributed by atoms with E-state index in [2.05, 4.69) is 0 Å². The maximum Gasteiger partial charge on any atom is 0.163 e. The van der Waals surface area contributed by atoms with E-state index in [0.717, 1.165) is 16.7 Å². The van der Waals surface area contributed by atoms with Gasteiger partial charge in [0.2, 0.25) is 0 Å². The first-order valence-electron chi connectivity index (χ1n) is 8.95. The quantitative estimate of drug-likeness (QED) is 0.492. The summed E-state index contributed by atoms with van der Waals surface area (Å²) in [5, 5.41) is 0. The molecule has 26 heavy (non-hydrogen) atoms. The van der Waals surface area contributed by atoms with Crippen LogP contribution in [0.5, 0.6) is 0 Å². The Morgan fingerprint density at radius 1 is 0.615 bits per heavy atom. The Balaban J connectivity index is 1.72. The van der Waals surface area contributed by atoms with Crippen LogP contribution in [-0.2, 0) is 0 Å². The van der Waals surface area contributed by atoms with Gasteiger partial charge in [0, 0.05) is 24.0 Å². The SMILES string of the molecule is O=C(CCC(CC(=O)c1ccccc1)c1ccccc1)c1ccccc1. The maximum absolute atomic E-state index is 12.7. The van der Waals surface area contributed by atoms with Gasteiger partial charge < -0.3 is 0 Å². The van der Waals surface area contributed by atoms with Crippen LogP contribution in [0.25, 0.3) is 0 Å². The molecule has 2 nitrogen and oxygen atoms in total. The van der Waals surface area contributed by atoms with Crippen LogP contribution in [0.1, 0.15) is 51.5 Å². The lowest BCUT2D eigenvalue weighted by Crippen LogP contribution is -2.10. The van der Waals surface area contributed by atoms with Gasteiger partial charge >= 0.3 is 0 Å². The Morgan fingerprint density at radius 2 is 1.08 bits per heavy atom. The molecule has 0 aliphatic rings. The van der Waals surface area contributed by atoms with Gasteiger partial charge in [0.05, 0.1) is 0 Å². The van der Waals surface area contributed by atoms with Gasteiger partial charge in [-0.3, -0.25) is 9.59 Å². The van der Waals surface area contributed by atoms with E-state index in [1.807, 2.05) is 91.0 Å². The lowest BCUT2D eigenvalue weighted by molar-refractivity contribution is 0.0946. The molecular weight excluding hydrogens is 320 g/mol. The van der Waals surface area contributed by atoms with Crippen LogP contribution in [0, 0.1) is 0 Å². The van der Waals surface area contributed by atoms with E-state index in [4.69, 9.17) is 0 Å². The Morgan fingerprint density at radius 3 is 1.62 bits per heavy atom. The molecule has 0 heterocycles. The minimum absolute atomic E-state index is 0.0385. The third-order valence-corrected chi connectivity index (χ3v) is 4.61. The molecule has 0 saturated heterocycles. The number of carbonyl (C=O) groups excluding carboxylic acids is 2. The standard InChI is InChI=1S/C24H22O2/c25-23(20-12-6-2-7-13-20)17-16-22(19-10-4-1-5-11-19)18-24(26)21-14-8-3-9-15-21/h1-15,22H,16-18H2. The highest BCUT2D eigenvalue weighted by Gasteiger charge is 2.19. The van der Waals surface area contributed by atoms with Crippen molar-refractivity contribution in [1.82, 2.24) is 0 Å². The van der Waals surface area contributed by atoms with E-state index in [1.165, 1.54) is 0 Å². The first-order chi connectivity index (χ1) is 12.7. The Hall–Kier alpha value is -3.00. The minimum atomic E-state index is 0.0385. The molecule has 3 rings (SSSR count). The number of hydrogen-bond donors (Lipinski definition) is 0. The minimum Gasteiger partial charge on any atom is -0.294 e. The number of benzene rings is 3. The fourth-order valence-electron chi connectivity index (χ4n) is 3.15. The van der Waals surface area contributed by atoms with E-state index in [9.17, 15) is 9.59 Å². The fourth-order valence-corrected chi connectivity index (χ4v) is 3.15. The summed E-state index contributed by atoms with van der Waals surface area (Å²) in [6.45, 7) is 0.